The van der Waals surface area contributed by atoms with Crippen molar-refractivity contribution in [3.05, 3.63) is 17.7 Å². The highest BCUT2D eigenvalue weighted by atomic mass is 16.6. The number of carbonyl (C=O) groups is 1. The van der Waals surface area contributed by atoms with Crippen LogP contribution in [0.1, 0.15) is 40.2 Å². The maximum Gasteiger partial charge on any atom is 0.412 e. The van der Waals surface area contributed by atoms with Crippen molar-refractivity contribution >= 4 is 11.8 Å². The van der Waals surface area contributed by atoms with Crippen LogP contribution in [0.3, 0.4) is 0 Å². The lowest BCUT2D eigenvalue weighted by Crippen LogP contribution is -2.27. The minimum absolute atomic E-state index is 0.412. The fourth-order valence-corrected chi connectivity index (χ4v) is 1.91. The summed E-state index contributed by atoms with van der Waals surface area (Å²) in [5, 5.41) is 2.69. The van der Waals surface area contributed by atoms with Gasteiger partial charge in [0.25, 0.3) is 0 Å². The Bertz CT molecular complexity index is 621. The van der Waals surface area contributed by atoms with Crippen LogP contribution in [0.2, 0.25) is 0 Å². The molecule has 5 heteroatoms. The minimum atomic E-state index is -0.600. The summed E-state index contributed by atoms with van der Waals surface area (Å²) in [5.74, 6) is 3.62. The van der Waals surface area contributed by atoms with E-state index in [4.69, 9.17) is 20.6 Å². The Labute approximate surface area is 138 Å². The van der Waals surface area contributed by atoms with E-state index in [9.17, 15) is 4.79 Å². The van der Waals surface area contributed by atoms with E-state index in [0.717, 1.165) is 5.56 Å². The molecule has 0 aliphatic heterocycles. The highest BCUT2D eigenvalue weighted by Crippen LogP contribution is 2.40. The first-order valence-electron chi connectivity index (χ1n) is 7.28. The highest BCUT2D eigenvalue weighted by molar-refractivity contribution is 5.88. The number of ether oxygens (including phenoxy) is 3. The average molecular weight is 319 g/mol. The molecule has 0 radical (unpaired) electrons. The van der Waals surface area contributed by atoms with E-state index < -0.39 is 17.1 Å². The van der Waals surface area contributed by atoms with Crippen LogP contribution >= 0.6 is 0 Å². The zero-order valence-corrected chi connectivity index (χ0v) is 14.9. The molecule has 126 valence electrons. The molecule has 1 amide bonds. The smallest absolute Gasteiger partial charge is 0.412 e. The van der Waals surface area contributed by atoms with Crippen LogP contribution in [0.25, 0.3) is 0 Å². The quantitative estimate of drug-likeness (QED) is 0.853. The van der Waals surface area contributed by atoms with Crippen LogP contribution < -0.4 is 14.8 Å². The molecule has 0 unspecified atom stereocenters. The van der Waals surface area contributed by atoms with Gasteiger partial charge in [0.05, 0.1) is 25.3 Å². The number of terminal acetylenes is 1. The predicted octanol–water partition coefficient (Wildman–Crippen LogP) is 3.96. The van der Waals surface area contributed by atoms with Gasteiger partial charge in [-0.15, -0.1) is 6.42 Å². The molecule has 23 heavy (non-hydrogen) atoms. The second-order valence-corrected chi connectivity index (χ2v) is 6.66. The Hall–Kier alpha value is -2.35. The molecule has 0 atom stereocenters. The first kappa shape index (κ1) is 18.7. The standard InChI is InChI=1S/C18H25NO4/c1-9-18(5,6)12-10-13(15(22-8)14(11-12)21-7)19-16(20)23-17(2,3)4/h1,10-11H,2-8H3,(H,19,20). The minimum Gasteiger partial charge on any atom is -0.493 e. The molecule has 0 saturated carbocycles. The fraction of sp³-hybridized carbons (Fsp3) is 0.500. The number of rotatable bonds is 4. The van der Waals surface area contributed by atoms with Gasteiger partial charge in [0, 0.05) is 0 Å². The van der Waals surface area contributed by atoms with Crippen LogP contribution in [-0.4, -0.2) is 25.9 Å². The highest BCUT2D eigenvalue weighted by Gasteiger charge is 2.24. The molecule has 0 bridgehead atoms. The molecular formula is C18H25NO4. The Morgan fingerprint density at radius 2 is 1.74 bits per heavy atom. The summed E-state index contributed by atoms with van der Waals surface area (Å²) in [6.07, 6.45) is 5.03. The number of nitrogens with one attached hydrogen (secondary N) is 1. The number of carbonyl (C=O) groups excluding carboxylic acids is 1. The fourth-order valence-electron chi connectivity index (χ4n) is 1.91. The van der Waals surface area contributed by atoms with E-state index in [0.29, 0.717) is 17.2 Å². The molecular weight excluding hydrogens is 294 g/mol. The first-order valence-corrected chi connectivity index (χ1v) is 7.28. The summed E-state index contributed by atoms with van der Waals surface area (Å²) in [6, 6.07) is 3.57. The number of amides is 1. The maximum atomic E-state index is 12.1. The van der Waals surface area contributed by atoms with Gasteiger partial charge in [0.1, 0.15) is 5.60 Å². The monoisotopic (exact) mass is 319 g/mol. The van der Waals surface area contributed by atoms with Crippen molar-refractivity contribution in [1.29, 1.82) is 0 Å². The lowest BCUT2D eigenvalue weighted by Gasteiger charge is -2.24. The van der Waals surface area contributed by atoms with Crippen molar-refractivity contribution in [2.75, 3.05) is 19.5 Å². The molecule has 1 rings (SSSR count). The SMILES string of the molecule is C#CC(C)(C)c1cc(NC(=O)OC(C)(C)C)c(OC)c(OC)c1. The van der Waals surface area contributed by atoms with Gasteiger partial charge < -0.3 is 14.2 Å². The van der Waals surface area contributed by atoms with Gasteiger partial charge in [0.2, 0.25) is 0 Å². The van der Waals surface area contributed by atoms with Gasteiger partial charge in [-0.25, -0.2) is 4.79 Å². The van der Waals surface area contributed by atoms with Crippen molar-refractivity contribution in [2.24, 2.45) is 0 Å². The molecule has 0 saturated heterocycles. The van der Waals surface area contributed by atoms with Crippen LogP contribution in [-0.2, 0) is 10.2 Å². The molecule has 0 heterocycles. The summed E-state index contributed by atoms with van der Waals surface area (Å²) < 4.78 is 16.0. The van der Waals surface area contributed by atoms with E-state index in [2.05, 4.69) is 11.2 Å². The van der Waals surface area contributed by atoms with E-state index in [1.807, 2.05) is 13.8 Å². The molecule has 0 spiro atoms. The molecule has 0 aliphatic carbocycles. The summed E-state index contributed by atoms with van der Waals surface area (Å²) in [4.78, 5) is 12.1. The largest absolute Gasteiger partial charge is 0.493 e. The maximum absolute atomic E-state index is 12.1. The third-order valence-corrected chi connectivity index (χ3v) is 3.20. The normalized spacial score (nSPS) is 11.4. The Morgan fingerprint density at radius 1 is 1.13 bits per heavy atom. The van der Waals surface area contributed by atoms with E-state index >= 15 is 0 Å². The van der Waals surface area contributed by atoms with Crippen molar-refractivity contribution in [3.63, 3.8) is 0 Å². The summed E-state index contributed by atoms with van der Waals surface area (Å²) in [6.45, 7) is 9.20. The van der Waals surface area contributed by atoms with Crippen molar-refractivity contribution < 1.29 is 19.0 Å². The van der Waals surface area contributed by atoms with Crippen LogP contribution in [0.15, 0.2) is 12.1 Å². The van der Waals surface area contributed by atoms with Crippen molar-refractivity contribution in [2.45, 2.75) is 45.6 Å². The topological polar surface area (TPSA) is 56.8 Å². The van der Waals surface area contributed by atoms with Gasteiger partial charge >= 0.3 is 6.09 Å². The summed E-state index contributed by atoms with van der Waals surface area (Å²) in [5.41, 5.74) is 0.143. The van der Waals surface area contributed by atoms with Gasteiger partial charge in [0.15, 0.2) is 11.5 Å². The Balaban J connectivity index is 3.31. The van der Waals surface area contributed by atoms with Gasteiger partial charge in [-0.1, -0.05) is 5.92 Å². The third kappa shape index (κ3) is 4.82. The lowest BCUT2D eigenvalue weighted by atomic mass is 9.85. The number of hydrogen-bond acceptors (Lipinski definition) is 4. The van der Waals surface area contributed by atoms with Crippen molar-refractivity contribution in [1.82, 2.24) is 0 Å². The molecule has 0 fully saturated rings. The molecule has 1 N–H and O–H groups in total. The Kier molecular flexibility index (Phi) is 5.55. The van der Waals surface area contributed by atoms with Crippen LogP contribution in [0, 0.1) is 12.3 Å². The van der Waals surface area contributed by atoms with E-state index in [-0.39, 0.29) is 0 Å². The second-order valence-electron chi connectivity index (χ2n) is 6.66. The number of benzene rings is 1. The van der Waals surface area contributed by atoms with E-state index in [1.165, 1.54) is 14.2 Å². The van der Waals surface area contributed by atoms with Crippen molar-refractivity contribution in [3.8, 4) is 23.8 Å². The first-order chi connectivity index (χ1) is 10.5. The van der Waals surface area contributed by atoms with Gasteiger partial charge in [-0.05, 0) is 52.3 Å². The third-order valence-electron chi connectivity index (χ3n) is 3.20. The predicted molar refractivity (Wildman–Crippen MR) is 91.3 cm³/mol. The van der Waals surface area contributed by atoms with Gasteiger partial charge in [-0.3, -0.25) is 5.32 Å². The summed E-state index contributed by atoms with van der Waals surface area (Å²) >= 11 is 0. The molecule has 0 aromatic heterocycles. The van der Waals surface area contributed by atoms with Gasteiger partial charge in [-0.2, -0.15) is 0 Å². The molecule has 5 nitrogen and oxygen atoms in total. The zero-order valence-electron chi connectivity index (χ0n) is 14.9. The molecule has 1 aromatic carbocycles. The number of anilines is 1. The molecule has 1 aromatic rings. The van der Waals surface area contributed by atoms with Crippen LogP contribution in [0.4, 0.5) is 10.5 Å². The number of methoxy groups -OCH3 is 2. The van der Waals surface area contributed by atoms with Crippen LogP contribution in [0.5, 0.6) is 11.5 Å². The molecule has 0 aliphatic rings. The summed E-state index contributed by atoms with van der Waals surface area (Å²) in [7, 11) is 3.03. The second kappa shape index (κ2) is 6.82. The lowest BCUT2D eigenvalue weighted by molar-refractivity contribution is 0.0635. The number of hydrogen-bond donors (Lipinski definition) is 1. The Morgan fingerprint density at radius 3 is 2.17 bits per heavy atom. The van der Waals surface area contributed by atoms with E-state index in [1.54, 1.807) is 32.9 Å². The average Bonchev–Trinajstić information content (AvgIpc) is 2.44. The zero-order chi connectivity index (χ0) is 17.8.